The van der Waals surface area contributed by atoms with Crippen molar-refractivity contribution in [1.29, 1.82) is 0 Å². The average Bonchev–Trinajstić information content (AvgIpc) is 3.08. The monoisotopic (exact) mass is 340 g/mol. The summed E-state index contributed by atoms with van der Waals surface area (Å²) in [5.74, 6) is 0. The molecule has 21 heavy (non-hydrogen) atoms. The Balaban J connectivity index is 1.88. The van der Waals surface area contributed by atoms with E-state index < -0.39 is 0 Å². The average molecular weight is 341 g/mol. The number of halogens is 1. The fourth-order valence-electron chi connectivity index (χ4n) is 1.63. The third-order valence-electron chi connectivity index (χ3n) is 2.62. The maximum Gasteiger partial charge on any atom is 0.368 e. The Morgan fingerprint density at radius 2 is 2.00 bits per heavy atom. The molecule has 0 aliphatic rings. The van der Waals surface area contributed by atoms with E-state index in [2.05, 4.69) is 20.6 Å². The first-order valence-corrected chi connectivity index (χ1v) is 8.24. The molecule has 0 N–H and O–H groups in total. The summed E-state index contributed by atoms with van der Waals surface area (Å²) in [6, 6.07) is 6.80. The van der Waals surface area contributed by atoms with Crippen LogP contribution < -0.4 is 5.69 Å². The number of hydrogen-bond acceptors (Lipinski definition) is 7. The number of rotatable bonds is 4. The summed E-state index contributed by atoms with van der Waals surface area (Å²) in [4.78, 5) is 12.3. The highest BCUT2D eigenvalue weighted by atomic mass is 35.5. The van der Waals surface area contributed by atoms with Crippen LogP contribution in [0.4, 0.5) is 0 Å². The minimum atomic E-state index is -0.335. The van der Waals surface area contributed by atoms with Gasteiger partial charge in [-0.15, -0.1) is 10.2 Å². The molecule has 3 rings (SSSR count). The van der Waals surface area contributed by atoms with Gasteiger partial charge in [0.2, 0.25) is 0 Å². The smallest absolute Gasteiger partial charge is 0.244 e. The lowest BCUT2D eigenvalue weighted by molar-refractivity contribution is 0.625. The van der Waals surface area contributed by atoms with E-state index in [9.17, 15) is 4.79 Å². The minimum Gasteiger partial charge on any atom is -0.244 e. The fraction of sp³-hybridized carbons (Fsp3) is 0.182. The molecule has 0 atom stereocenters. The molecular formula is C11H9ClN6OS2. The van der Waals surface area contributed by atoms with Crippen LogP contribution in [0, 0.1) is 0 Å². The Morgan fingerprint density at radius 3 is 2.67 bits per heavy atom. The molecule has 0 bridgehead atoms. The molecule has 108 valence electrons. The van der Waals surface area contributed by atoms with Crippen LogP contribution in [0.5, 0.6) is 0 Å². The van der Waals surface area contributed by atoms with E-state index in [-0.39, 0.29) is 12.2 Å². The summed E-state index contributed by atoms with van der Waals surface area (Å²) < 4.78 is 3.31. The number of aromatic nitrogens is 6. The molecule has 0 aliphatic heterocycles. The molecule has 0 amide bonds. The fourth-order valence-corrected chi connectivity index (χ4v) is 3.05. The zero-order valence-corrected chi connectivity index (χ0v) is 13.2. The van der Waals surface area contributed by atoms with Crippen molar-refractivity contribution in [3.8, 4) is 5.69 Å². The first-order valence-electron chi connectivity index (χ1n) is 5.82. The molecule has 2 heterocycles. The summed E-state index contributed by atoms with van der Waals surface area (Å²) >= 11 is 8.76. The van der Waals surface area contributed by atoms with Gasteiger partial charge in [0.1, 0.15) is 11.6 Å². The topological polar surface area (TPSA) is 78.5 Å². The number of nitrogens with zero attached hydrogens (tertiary/aromatic N) is 6. The normalized spacial score (nSPS) is 11.0. The van der Waals surface area contributed by atoms with Gasteiger partial charge in [-0.25, -0.2) is 4.79 Å². The summed E-state index contributed by atoms with van der Waals surface area (Å²) in [5.41, 5.74) is 0.274. The van der Waals surface area contributed by atoms with Gasteiger partial charge >= 0.3 is 5.69 Å². The van der Waals surface area contributed by atoms with Gasteiger partial charge in [-0.1, -0.05) is 34.7 Å². The van der Waals surface area contributed by atoms with Gasteiger partial charge in [-0.3, -0.25) is 0 Å². The molecular weight excluding hydrogens is 332 g/mol. The predicted molar refractivity (Wildman–Crippen MR) is 81.4 cm³/mol. The lowest BCUT2D eigenvalue weighted by Crippen LogP contribution is -2.24. The van der Waals surface area contributed by atoms with E-state index in [4.69, 9.17) is 11.6 Å². The Labute approximate surface area is 132 Å². The first-order chi connectivity index (χ1) is 10.2. The van der Waals surface area contributed by atoms with Crippen LogP contribution in [-0.4, -0.2) is 36.2 Å². The molecule has 0 saturated carbocycles. The van der Waals surface area contributed by atoms with Gasteiger partial charge in [0.25, 0.3) is 0 Å². The highest BCUT2D eigenvalue weighted by Gasteiger charge is 2.11. The van der Waals surface area contributed by atoms with Gasteiger partial charge in [-0.05, 0) is 40.9 Å². The zero-order chi connectivity index (χ0) is 14.8. The van der Waals surface area contributed by atoms with Gasteiger partial charge in [0.15, 0.2) is 4.34 Å². The number of tetrazole rings is 1. The molecule has 2 aromatic heterocycles. The van der Waals surface area contributed by atoms with E-state index in [1.54, 1.807) is 24.3 Å². The van der Waals surface area contributed by atoms with Crippen molar-refractivity contribution in [3.63, 3.8) is 0 Å². The van der Waals surface area contributed by atoms with Crippen LogP contribution in [-0.2, 0) is 6.54 Å². The summed E-state index contributed by atoms with van der Waals surface area (Å²) in [6.45, 7) is 0.255. The lowest BCUT2D eigenvalue weighted by atomic mass is 10.3. The zero-order valence-electron chi connectivity index (χ0n) is 10.8. The highest BCUT2D eigenvalue weighted by molar-refractivity contribution is 8.00. The molecule has 0 saturated heterocycles. The lowest BCUT2D eigenvalue weighted by Gasteiger charge is -1.97. The van der Waals surface area contributed by atoms with Crippen molar-refractivity contribution < 1.29 is 0 Å². The molecule has 0 aliphatic carbocycles. The van der Waals surface area contributed by atoms with Crippen LogP contribution in [0.15, 0.2) is 33.4 Å². The van der Waals surface area contributed by atoms with E-state index in [1.807, 2.05) is 6.26 Å². The third-order valence-corrected chi connectivity index (χ3v) is 4.75. The molecule has 0 radical (unpaired) electrons. The first kappa shape index (κ1) is 14.2. The van der Waals surface area contributed by atoms with E-state index in [0.29, 0.717) is 15.7 Å². The summed E-state index contributed by atoms with van der Waals surface area (Å²) in [5, 5.41) is 17.0. The van der Waals surface area contributed by atoms with Gasteiger partial charge in [0.05, 0.1) is 5.69 Å². The predicted octanol–water partition coefficient (Wildman–Crippen LogP) is 1.70. The maximum atomic E-state index is 12.3. The van der Waals surface area contributed by atoms with Crippen LogP contribution in [0.25, 0.3) is 5.69 Å². The van der Waals surface area contributed by atoms with Crippen molar-refractivity contribution >= 4 is 34.7 Å². The molecule has 1 aromatic carbocycles. The molecule has 0 fully saturated rings. The SMILES string of the molecule is CSc1nnc(Cn2nnn(-c3ccc(Cl)cc3)c2=O)s1. The second kappa shape index (κ2) is 5.96. The Bertz CT molecular complexity index is 809. The van der Waals surface area contributed by atoms with Gasteiger partial charge < -0.3 is 0 Å². The molecule has 0 unspecified atom stereocenters. The van der Waals surface area contributed by atoms with Crippen molar-refractivity contribution in [2.24, 2.45) is 0 Å². The molecule has 10 heteroatoms. The van der Waals surface area contributed by atoms with Gasteiger partial charge in [0, 0.05) is 5.02 Å². The standard InChI is InChI=1S/C11H9ClN6OS2/c1-20-10-14-13-9(21-10)6-17-11(19)18(16-15-17)8-4-2-7(12)3-5-8/h2-5H,6H2,1H3. The summed E-state index contributed by atoms with van der Waals surface area (Å²) in [6.07, 6.45) is 1.92. The van der Waals surface area contributed by atoms with Crippen molar-refractivity contribution in [3.05, 3.63) is 44.8 Å². The Hall–Kier alpha value is -1.71. The quantitative estimate of drug-likeness (QED) is 0.673. The van der Waals surface area contributed by atoms with Crippen LogP contribution >= 0.6 is 34.7 Å². The largest absolute Gasteiger partial charge is 0.368 e. The number of hydrogen-bond donors (Lipinski definition) is 0. The van der Waals surface area contributed by atoms with E-state index in [0.717, 1.165) is 4.34 Å². The van der Waals surface area contributed by atoms with Crippen molar-refractivity contribution in [2.45, 2.75) is 10.9 Å². The summed E-state index contributed by atoms with van der Waals surface area (Å²) in [7, 11) is 0. The number of thioether (sulfide) groups is 1. The van der Waals surface area contributed by atoms with Crippen molar-refractivity contribution in [1.82, 2.24) is 30.0 Å². The minimum absolute atomic E-state index is 0.255. The van der Waals surface area contributed by atoms with E-state index in [1.165, 1.54) is 32.5 Å². The van der Waals surface area contributed by atoms with Crippen molar-refractivity contribution in [2.75, 3.05) is 6.26 Å². The Kier molecular flexibility index (Phi) is 4.04. The Morgan fingerprint density at radius 1 is 1.24 bits per heavy atom. The molecule has 0 spiro atoms. The molecule has 7 nitrogen and oxygen atoms in total. The maximum absolute atomic E-state index is 12.3. The third kappa shape index (κ3) is 2.99. The highest BCUT2D eigenvalue weighted by Crippen LogP contribution is 2.19. The van der Waals surface area contributed by atoms with Crippen LogP contribution in [0.3, 0.4) is 0 Å². The van der Waals surface area contributed by atoms with Gasteiger partial charge in [-0.2, -0.15) is 9.36 Å². The van der Waals surface area contributed by atoms with Crippen LogP contribution in [0.1, 0.15) is 5.01 Å². The number of benzene rings is 1. The second-order valence-electron chi connectivity index (χ2n) is 3.97. The molecule has 3 aromatic rings. The second-order valence-corrected chi connectivity index (χ2v) is 6.53. The van der Waals surface area contributed by atoms with Crippen LogP contribution in [0.2, 0.25) is 5.02 Å². The van der Waals surface area contributed by atoms with E-state index >= 15 is 0 Å².